The molecule has 1 aromatic carbocycles. The van der Waals surface area contributed by atoms with E-state index in [2.05, 4.69) is 5.32 Å². The molecule has 1 saturated heterocycles. The molecule has 1 amide bonds. The molecule has 1 aliphatic heterocycles. The number of carbonyl (C=O) groups excluding carboxylic acids is 1. The fraction of sp³-hybridized carbons (Fsp3) is 0.680. The summed E-state index contributed by atoms with van der Waals surface area (Å²) in [5, 5.41) is 54.5. The normalized spacial score (nSPS) is 28.5. The second kappa shape index (κ2) is 12.7. The average Bonchev–Trinajstić information content (AvgIpc) is 2.85. The summed E-state index contributed by atoms with van der Waals surface area (Å²) < 4.78 is 11.1. The Bertz CT molecular complexity index is 908. The summed E-state index contributed by atoms with van der Waals surface area (Å²) in [4.78, 5) is 23.4. The maximum atomic E-state index is 12.5. The van der Waals surface area contributed by atoms with Crippen molar-refractivity contribution in [2.24, 2.45) is 0 Å². The summed E-state index contributed by atoms with van der Waals surface area (Å²) in [6.07, 6.45) is -3.67. The number of aliphatic hydroxyl groups excluding tert-OH is 3. The first-order valence-electron chi connectivity index (χ1n) is 12.3. The van der Waals surface area contributed by atoms with Crippen molar-refractivity contribution in [1.82, 2.24) is 5.32 Å². The molecule has 0 aromatic heterocycles. The van der Waals surface area contributed by atoms with Gasteiger partial charge in [0.05, 0.1) is 39.3 Å². The third-order valence-electron chi connectivity index (χ3n) is 7.49. The lowest BCUT2D eigenvalue weighted by Gasteiger charge is -2.50. The lowest BCUT2D eigenvalue weighted by molar-refractivity contribution is -0.946. The van der Waals surface area contributed by atoms with Crippen LogP contribution in [0, 0.1) is 0 Å². The summed E-state index contributed by atoms with van der Waals surface area (Å²) in [7, 11) is 5.09. The van der Waals surface area contributed by atoms with E-state index in [0.29, 0.717) is 18.6 Å². The summed E-state index contributed by atoms with van der Waals surface area (Å²) in [6, 6.07) is 7.44. The second-order valence-corrected chi connectivity index (χ2v) is 10.5. The molecule has 1 heterocycles. The molecule has 6 atom stereocenters. The number of nitrogens with one attached hydrogen (secondary N) is 1. The van der Waals surface area contributed by atoms with Crippen molar-refractivity contribution >= 4 is 11.9 Å². The molecule has 6 N–H and O–H groups in total. The number of likely N-dealkylation sites (N-methyl/N-ethyl adjacent to an activating group) is 1. The van der Waals surface area contributed by atoms with Gasteiger partial charge in [-0.1, -0.05) is 31.4 Å². The minimum atomic E-state index is -1.75. The SMILES string of the molecule is COc1ccc(C(C[N+](C)(C)C2OC(C(=O)NCC(=O)O)C(O)C(O)C2O)C2(O)CCCCC2)cc1.[Cl-]. The summed E-state index contributed by atoms with van der Waals surface area (Å²) >= 11 is 0. The van der Waals surface area contributed by atoms with E-state index >= 15 is 0 Å². The third kappa shape index (κ3) is 7.11. The molecular weight excluding hydrogens is 508 g/mol. The molecule has 0 bridgehead atoms. The van der Waals surface area contributed by atoms with E-state index in [4.69, 9.17) is 14.6 Å². The van der Waals surface area contributed by atoms with Gasteiger partial charge in [0.1, 0.15) is 24.5 Å². The molecule has 11 nitrogen and oxygen atoms in total. The number of quaternary nitrogens is 1. The Morgan fingerprint density at radius 1 is 1.08 bits per heavy atom. The zero-order valence-corrected chi connectivity index (χ0v) is 22.2. The van der Waals surface area contributed by atoms with Gasteiger partial charge in [-0.15, -0.1) is 0 Å². The Kier molecular flexibility index (Phi) is 10.7. The van der Waals surface area contributed by atoms with Crippen LogP contribution in [0.15, 0.2) is 24.3 Å². The topological polar surface area (TPSA) is 166 Å². The minimum absolute atomic E-state index is 0. The zero-order valence-electron chi connectivity index (χ0n) is 21.4. The molecule has 2 fully saturated rings. The van der Waals surface area contributed by atoms with Crippen LogP contribution in [0.3, 0.4) is 0 Å². The van der Waals surface area contributed by atoms with Crippen molar-refractivity contribution in [2.45, 2.75) is 74.3 Å². The number of ether oxygens (including phenoxy) is 2. The van der Waals surface area contributed by atoms with Gasteiger partial charge in [0.25, 0.3) is 5.91 Å². The van der Waals surface area contributed by atoms with Crippen LogP contribution in [0.4, 0.5) is 0 Å². The van der Waals surface area contributed by atoms with Gasteiger partial charge in [0, 0.05) is 0 Å². The van der Waals surface area contributed by atoms with Gasteiger partial charge in [-0.3, -0.25) is 9.59 Å². The van der Waals surface area contributed by atoms with E-state index < -0.39 is 54.7 Å². The number of aliphatic carboxylic acids is 1. The summed E-state index contributed by atoms with van der Waals surface area (Å²) in [5.74, 6) is -1.86. The number of carboxylic acids is 1. The van der Waals surface area contributed by atoms with E-state index in [1.54, 1.807) is 21.2 Å². The van der Waals surface area contributed by atoms with Gasteiger partial charge < -0.3 is 57.2 Å². The van der Waals surface area contributed by atoms with E-state index in [9.17, 15) is 30.0 Å². The highest BCUT2D eigenvalue weighted by molar-refractivity contribution is 5.85. The fourth-order valence-corrected chi connectivity index (χ4v) is 5.43. The van der Waals surface area contributed by atoms with Crippen molar-refractivity contribution in [1.29, 1.82) is 0 Å². The molecule has 1 aromatic rings. The van der Waals surface area contributed by atoms with Crippen LogP contribution >= 0.6 is 0 Å². The maximum Gasteiger partial charge on any atom is 0.322 e. The van der Waals surface area contributed by atoms with Crippen molar-refractivity contribution in [3.63, 3.8) is 0 Å². The number of carboxylic acid groups (broad SMARTS) is 1. The van der Waals surface area contributed by atoms with Crippen LogP contribution in [0.1, 0.15) is 43.6 Å². The number of methoxy groups -OCH3 is 1. The van der Waals surface area contributed by atoms with Gasteiger partial charge in [0.15, 0.2) is 12.2 Å². The molecule has 6 unspecified atom stereocenters. The van der Waals surface area contributed by atoms with Crippen LogP contribution < -0.4 is 22.5 Å². The van der Waals surface area contributed by atoms with Gasteiger partial charge >= 0.3 is 5.97 Å². The van der Waals surface area contributed by atoms with Crippen molar-refractivity contribution in [3.05, 3.63) is 29.8 Å². The van der Waals surface area contributed by atoms with Crippen molar-refractivity contribution < 1.29 is 61.5 Å². The standard InChI is InChI=1S/C25H38N2O9.ClH/c1-27(2,24-21(32)19(30)20(31)22(36-24)23(33)26-13-18(28)29)14-17(25(34)11-5-4-6-12-25)15-7-9-16(35-3)10-8-15;/h7-10,17,19-22,24,30-32,34H,4-6,11-14H2,1-3H3,(H-,26,28,29,33);1H. The van der Waals surface area contributed by atoms with E-state index in [0.717, 1.165) is 24.8 Å². The molecular formula is C25H39ClN2O9. The molecule has 37 heavy (non-hydrogen) atoms. The third-order valence-corrected chi connectivity index (χ3v) is 7.49. The zero-order chi connectivity index (χ0) is 26.7. The summed E-state index contributed by atoms with van der Waals surface area (Å²) in [5.41, 5.74) is -0.119. The first kappa shape index (κ1) is 31.2. The quantitative estimate of drug-likeness (QED) is 0.173. The van der Waals surface area contributed by atoms with Crippen molar-refractivity contribution in [2.75, 3.05) is 34.3 Å². The Hall–Kier alpha value is -1.99. The number of rotatable bonds is 9. The smallest absolute Gasteiger partial charge is 0.322 e. The number of halogens is 1. The molecule has 210 valence electrons. The summed E-state index contributed by atoms with van der Waals surface area (Å²) in [6.45, 7) is -0.392. The number of carbonyl (C=O) groups is 2. The van der Waals surface area contributed by atoms with E-state index in [1.165, 1.54) is 0 Å². The van der Waals surface area contributed by atoms with Gasteiger partial charge in [-0.25, -0.2) is 0 Å². The van der Waals surface area contributed by atoms with Gasteiger partial charge in [0.2, 0.25) is 6.23 Å². The van der Waals surface area contributed by atoms with E-state index in [-0.39, 0.29) is 29.4 Å². The Morgan fingerprint density at radius 3 is 2.22 bits per heavy atom. The predicted octanol–water partition coefficient (Wildman–Crippen LogP) is -3.44. The first-order chi connectivity index (χ1) is 16.9. The van der Waals surface area contributed by atoms with Crippen LogP contribution in [-0.4, -0.2) is 112 Å². The lowest BCUT2D eigenvalue weighted by Crippen LogP contribution is -3.00. The number of amides is 1. The Morgan fingerprint density at radius 2 is 1.68 bits per heavy atom. The molecule has 0 spiro atoms. The largest absolute Gasteiger partial charge is 1.00 e. The number of hydrogen-bond acceptors (Lipinski definition) is 8. The number of nitrogens with zero attached hydrogens (tertiary/aromatic N) is 1. The molecule has 2 aliphatic rings. The maximum absolute atomic E-state index is 12.5. The lowest BCUT2D eigenvalue weighted by atomic mass is 9.72. The predicted molar refractivity (Wildman–Crippen MR) is 128 cm³/mol. The average molecular weight is 547 g/mol. The minimum Gasteiger partial charge on any atom is -1.00 e. The highest BCUT2D eigenvalue weighted by atomic mass is 35.5. The number of benzene rings is 1. The molecule has 1 aliphatic carbocycles. The highest BCUT2D eigenvalue weighted by Gasteiger charge is 2.54. The number of hydrogen-bond donors (Lipinski definition) is 6. The monoisotopic (exact) mass is 546 g/mol. The van der Waals surface area contributed by atoms with Crippen LogP contribution in [0.2, 0.25) is 0 Å². The van der Waals surface area contributed by atoms with Gasteiger partial charge in [-0.2, -0.15) is 0 Å². The van der Waals surface area contributed by atoms with Gasteiger partial charge in [-0.05, 0) is 30.5 Å². The van der Waals surface area contributed by atoms with Crippen LogP contribution in [0.5, 0.6) is 5.75 Å². The van der Waals surface area contributed by atoms with Crippen molar-refractivity contribution in [3.8, 4) is 5.75 Å². The van der Waals surface area contributed by atoms with Crippen LogP contribution in [-0.2, 0) is 14.3 Å². The van der Waals surface area contributed by atoms with Crippen LogP contribution in [0.25, 0.3) is 0 Å². The fourth-order valence-electron chi connectivity index (χ4n) is 5.43. The second-order valence-electron chi connectivity index (χ2n) is 10.5. The molecule has 3 rings (SSSR count). The Balaban J connectivity index is 0.00000481. The molecule has 0 radical (unpaired) electrons. The highest BCUT2D eigenvalue weighted by Crippen LogP contribution is 2.42. The molecule has 12 heteroatoms. The first-order valence-corrected chi connectivity index (χ1v) is 12.3. The Labute approximate surface area is 223 Å². The number of aliphatic hydroxyl groups is 4. The molecule has 1 saturated carbocycles. The van der Waals surface area contributed by atoms with E-state index in [1.807, 2.05) is 24.3 Å².